The third-order valence-corrected chi connectivity index (χ3v) is 4.37. The Kier molecular flexibility index (Phi) is 6.48. The Labute approximate surface area is 178 Å². The van der Waals surface area contributed by atoms with Crippen LogP contribution in [-0.2, 0) is 4.79 Å². The molecular formula is C23H19N3O5. The monoisotopic (exact) mass is 417 g/mol. The summed E-state index contributed by atoms with van der Waals surface area (Å²) in [6.07, 6.45) is 1.34. The zero-order chi connectivity index (χ0) is 22.4. The van der Waals surface area contributed by atoms with E-state index in [-0.39, 0.29) is 11.3 Å². The number of hydrogen-bond acceptors (Lipinski definition) is 6. The van der Waals surface area contributed by atoms with Crippen molar-refractivity contribution >= 4 is 23.4 Å². The van der Waals surface area contributed by atoms with Gasteiger partial charge >= 0.3 is 0 Å². The van der Waals surface area contributed by atoms with Crippen molar-refractivity contribution in [3.05, 3.63) is 81.6 Å². The van der Waals surface area contributed by atoms with Gasteiger partial charge in [-0.05, 0) is 49.7 Å². The molecule has 0 fully saturated rings. The molecule has 1 heterocycles. The van der Waals surface area contributed by atoms with E-state index in [1.54, 1.807) is 49.4 Å². The number of rotatable bonds is 7. The number of carbonyl (C=O) groups is 1. The van der Waals surface area contributed by atoms with Gasteiger partial charge in [-0.2, -0.15) is 5.26 Å². The molecule has 0 radical (unpaired) electrons. The first kappa shape index (κ1) is 21.3. The molecule has 0 unspecified atom stereocenters. The average molecular weight is 417 g/mol. The summed E-state index contributed by atoms with van der Waals surface area (Å²) in [5.41, 5.74) is 1.71. The molecule has 31 heavy (non-hydrogen) atoms. The highest BCUT2D eigenvalue weighted by atomic mass is 16.6. The molecule has 3 aromatic rings. The summed E-state index contributed by atoms with van der Waals surface area (Å²) in [4.78, 5) is 22.9. The Morgan fingerprint density at radius 2 is 2.06 bits per heavy atom. The molecule has 0 saturated heterocycles. The van der Waals surface area contributed by atoms with Crippen LogP contribution in [0.3, 0.4) is 0 Å². The second kappa shape index (κ2) is 9.41. The van der Waals surface area contributed by atoms with Crippen LogP contribution in [-0.4, -0.2) is 17.4 Å². The molecule has 3 rings (SSSR count). The van der Waals surface area contributed by atoms with Crippen molar-refractivity contribution in [1.82, 2.24) is 0 Å². The number of benzene rings is 2. The van der Waals surface area contributed by atoms with Crippen LogP contribution in [0.1, 0.15) is 18.2 Å². The molecule has 0 spiro atoms. The Bertz CT molecular complexity index is 1200. The van der Waals surface area contributed by atoms with Gasteiger partial charge in [0.15, 0.2) is 0 Å². The summed E-state index contributed by atoms with van der Waals surface area (Å²) in [5, 5.41) is 23.0. The summed E-state index contributed by atoms with van der Waals surface area (Å²) in [6.45, 7) is 4.10. The minimum atomic E-state index is -0.583. The van der Waals surface area contributed by atoms with Gasteiger partial charge in [-0.3, -0.25) is 14.9 Å². The summed E-state index contributed by atoms with van der Waals surface area (Å²) < 4.78 is 11.1. The van der Waals surface area contributed by atoms with Crippen LogP contribution in [0.15, 0.2) is 64.6 Å². The lowest BCUT2D eigenvalue weighted by atomic mass is 10.1. The van der Waals surface area contributed by atoms with Crippen LogP contribution in [0.4, 0.5) is 11.4 Å². The Hall–Kier alpha value is -4.38. The minimum absolute atomic E-state index is 0.00947. The Balaban J connectivity index is 1.80. The van der Waals surface area contributed by atoms with Crippen molar-refractivity contribution in [1.29, 1.82) is 5.26 Å². The smallest absolute Gasteiger partial charge is 0.269 e. The molecule has 1 N–H and O–H groups in total. The SMILES string of the molecule is CCOc1cccc(NC(=O)C(C#N)=Cc2ccc(-c3ccc([N+](=O)[O-])cc3C)o2)c1. The number of ether oxygens (including phenoxy) is 1. The largest absolute Gasteiger partial charge is 0.494 e. The Morgan fingerprint density at radius 3 is 2.74 bits per heavy atom. The summed E-state index contributed by atoms with van der Waals surface area (Å²) in [7, 11) is 0. The number of carbonyl (C=O) groups excluding carboxylic acids is 1. The number of nitrogens with one attached hydrogen (secondary N) is 1. The standard InChI is InChI=1S/C23H19N3O5/c1-3-30-19-6-4-5-17(13-19)25-23(27)16(14-24)12-20-8-10-22(31-20)21-9-7-18(26(28)29)11-15(21)2/h4-13H,3H2,1-2H3,(H,25,27). The first-order valence-corrected chi connectivity index (χ1v) is 9.42. The number of aryl methyl sites for hydroxylation is 1. The van der Waals surface area contributed by atoms with Crippen molar-refractivity contribution in [3.8, 4) is 23.1 Å². The maximum Gasteiger partial charge on any atom is 0.269 e. The van der Waals surface area contributed by atoms with Crippen molar-refractivity contribution in [2.75, 3.05) is 11.9 Å². The number of furan rings is 1. The van der Waals surface area contributed by atoms with Crippen molar-refractivity contribution in [2.45, 2.75) is 13.8 Å². The second-order valence-electron chi connectivity index (χ2n) is 6.54. The molecule has 0 bridgehead atoms. The second-order valence-corrected chi connectivity index (χ2v) is 6.54. The molecule has 0 saturated carbocycles. The van der Waals surface area contributed by atoms with E-state index >= 15 is 0 Å². The van der Waals surface area contributed by atoms with E-state index in [9.17, 15) is 20.2 Å². The van der Waals surface area contributed by atoms with Gasteiger partial charge in [-0.25, -0.2) is 0 Å². The van der Waals surface area contributed by atoms with Crippen LogP contribution in [0.25, 0.3) is 17.4 Å². The number of nitriles is 1. The number of amides is 1. The summed E-state index contributed by atoms with van der Waals surface area (Å²) >= 11 is 0. The van der Waals surface area contributed by atoms with E-state index in [1.165, 1.54) is 18.2 Å². The molecule has 2 aromatic carbocycles. The van der Waals surface area contributed by atoms with E-state index in [1.807, 2.05) is 13.0 Å². The molecule has 1 amide bonds. The molecule has 0 atom stereocenters. The fourth-order valence-corrected chi connectivity index (χ4v) is 2.93. The predicted molar refractivity (Wildman–Crippen MR) is 115 cm³/mol. The van der Waals surface area contributed by atoms with Gasteiger partial charge < -0.3 is 14.5 Å². The van der Waals surface area contributed by atoms with Crippen molar-refractivity contribution in [2.24, 2.45) is 0 Å². The van der Waals surface area contributed by atoms with Gasteiger partial charge in [0.1, 0.15) is 28.9 Å². The topological polar surface area (TPSA) is 118 Å². The van der Waals surface area contributed by atoms with Crippen LogP contribution < -0.4 is 10.1 Å². The molecule has 8 heteroatoms. The van der Waals surface area contributed by atoms with E-state index < -0.39 is 10.8 Å². The average Bonchev–Trinajstić information content (AvgIpc) is 3.20. The van der Waals surface area contributed by atoms with Gasteiger partial charge in [0, 0.05) is 35.5 Å². The molecule has 156 valence electrons. The first-order chi connectivity index (χ1) is 14.9. The number of hydrogen-bond donors (Lipinski definition) is 1. The third-order valence-electron chi connectivity index (χ3n) is 4.37. The van der Waals surface area contributed by atoms with E-state index in [0.29, 0.717) is 40.7 Å². The molecule has 8 nitrogen and oxygen atoms in total. The van der Waals surface area contributed by atoms with Gasteiger partial charge in [0.25, 0.3) is 11.6 Å². The number of nitrogens with zero attached hydrogens (tertiary/aromatic N) is 2. The minimum Gasteiger partial charge on any atom is -0.494 e. The van der Waals surface area contributed by atoms with Gasteiger partial charge in [0.2, 0.25) is 0 Å². The number of non-ortho nitro benzene ring substituents is 1. The van der Waals surface area contributed by atoms with E-state index in [0.717, 1.165) is 0 Å². The van der Waals surface area contributed by atoms with Gasteiger partial charge in [-0.1, -0.05) is 6.07 Å². The van der Waals surface area contributed by atoms with Gasteiger partial charge in [-0.15, -0.1) is 0 Å². The van der Waals surface area contributed by atoms with E-state index in [2.05, 4.69) is 5.32 Å². The summed E-state index contributed by atoms with van der Waals surface area (Å²) in [5.74, 6) is 0.806. The highest BCUT2D eigenvalue weighted by Gasteiger charge is 2.14. The lowest BCUT2D eigenvalue weighted by molar-refractivity contribution is -0.384. The van der Waals surface area contributed by atoms with Crippen LogP contribution >= 0.6 is 0 Å². The van der Waals surface area contributed by atoms with Crippen LogP contribution in [0.5, 0.6) is 5.75 Å². The first-order valence-electron chi connectivity index (χ1n) is 9.42. The maximum atomic E-state index is 12.5. The predicted octanol–water partition coefficient (Wildman–Crippen LogP) is 5.11. The lowest BCUT2D eigenvalue weighted by Crippen LogP contribution is -2.13. The fourth-order valence-electron chi connectivity index (χ4n) is 2.93. The highest BCUT2D eigenvalue weighted by Crippen LogP contribution is 2.29. The number of nitro groups is 1. The molecule has 0 aliphatic heterocycles. The molecule has 0 aliphatic rings. The van der Waals surface area contributed by atoms with Crippen LogP contribution in [0.2, 0.25) is 0 Å². The zero-order valence-corrected chi connectivity index (χ0v) is 16.9. The zero-order valence-electron chi connectivity index (χ0n) is 16.9. The van der Waals surface area contributed by atoms with Crippen LogP contribution in [0, 0.1) is 28.4 Å². The number of nitro benzene ring substituents is 1. The molecule has 1 aromatic heterocycles. The molecule has 0 aliphatic carbocycles. The highest BCUT2D eigenvalue weighted by molar-refractivity contribution is 6.09. The summed E-state index contributed by atoms with van der Waals surface area (Å²) in [6, 6.07) is 16.5. The van der Waals surface area contributed by atoms with Gasteiger partial charge in [0.05, 0.1) is 11.5 Å². The van der Waals surface area contributed by atoms with Crippen molar-refractivity contribution in [3.63, 3.8) is 0 Å². The normalized spacial score (nSPS) is 10.9. The lowest BCUT2D eigenvalue weighted by Gasteiger charge is -2.07. The molecular weight excluding hydrogens is 398 g/mol. The quantitative estimate of drug-likeness (QED) is 0.247. The third kappa shape index (κ3) is 5.16. The van der Waals surface area contributed by atoms with E-state index in [4.69, 9.17) is 9.15 Å². The van der Waals surface area contributed by atoms with Crippen molar-refractivity contribution < 1.29 is 18.9 Å². The Morgan fingerprint density at radius 1 is 1.26 bits per heavy atom. The fraction of sp³-hybridized carbons (Fsp3) is 0.130. The number of anilines is 1. The maximum absolute atomic E-state index is 12.5.